The maximum atomic E-state index is 14.2. The Morgan fingerprint density at radius 3 is 3.00 bits per heavy atom. The quantitative estimate of drug-likeness (QED) is 0.818. The monoisotopic (exact) mass is 264 g/mol. The van der Waals surface area contributed by atoms with E-state index in [2.05, 4.69) is 24.1 Å². The first-order valence-corrected chi connectivity index (χ1v) is 7.45. The first-order chi connectivity index (χ1) is 9.22. The highest BCUT2D eigenvalue weighted by atomic mass is 19.1. The normalized spacial score (nSPS) is 19.7. The number of piperidine rings is 1. The lowest BCUT2D eigenvalue weighted by atomic mass is 9.98. The highest BCUT2D eigenvalue weighted by molar-refractivity contribution is 5.55. The van der Waals surface area contributed by atoms with Gasteiger partial charge in [0.15, 0.2) is 0 Å². The Labute approximate surface area is 116 Å². The van der Waals surface area contributed by atoms with E-state index in [9.17, 15) is 4.39 Å². The van der Waals surface area contributed by atoms with E-state index in [1.807, 2.05) is 12.1 Å². The Morgan fingerprint density at radius 1 is 1.42 bits per heavy atom. The summed E-state index contributed by atoms with van der Waals surface area (Å²) >= 11 is 0. The molecule has 1 saturated heterocycles. The third-order valence-corrected chi connectivity index (χ3v) is 3.79. The molecule has 1 fully saturated rings. The number of para-hydroxylation sites is 1. The molecule has 1 aromatic carbocycles. The van der Waals surface area contributed by atoms with Crippen LogP contribution >= 0.6 is 0 Å². The number of halogens is 1. The molecule has 2 rings (SSSR count). The Morgan fingerprint density at radius 2 is 2.26 bits per heavy atom. The molecule has 1 aliphatic heterocycles. The number of nitrogens with one attached hydrogen (secondary N) is 1. The molecular weight excluding hydrogens is 239 g/mol. The fourth-order valence-corrected chi connectivity index (χ4v) is 2.85. The Kier molecular flexibility index (Phi) is 5.20. The topological polar surface area (TPSA) is 15.3 Å². The molecule has 3 heteroatoms. The first kappa shape index (κ1) is 14.3. The zero-order chi connectivity index (χ0) is 13.7. The summed E-state index contributed by atoms with van der Waals surface area (Å²) in [7, 11) is 0. The minimum Gasteiger partial charge on any atom is -0.369 e. The zero-order valence-corrected chi connectivity index (χ0v) is 12.1. The summed E-state index contributed by atoms with van der Waals surface area (Å²) in [5, 5.41) is 3.38. The van der Waals surface area contributed by atoms with Gasteiger partial charge in [0.1, 0.15) is 5.82 Å². The molecule has 1 heterocycles. The van der Waals surface area contributed by atoms with Crippen molar-refractivity contribution in [3.8, 4) is 0 Å². The third kappa shape index (κ3) is 3.69. The number of hydrogen-bond donors (Lipinski definition) is 1. The number of anilines is 1. The van der Waals surface area contributed by atoms with Crippen LogP contribution in [0.25, 0.3) is 0 Å². The van der Waals surface area contributed by atoms with Crippen LogP contribution in [0.15, 0.2) is 18.2 Å². The van der Waals surface area contributed by atoms with Crippen molar-refractivity contribution in [2.45, 2.75) is 39.7 Å². The first-order valence-electron chi connectivity index (χ1n) is 7.45. The number of rotatable bonds is 5. The molecule has 19 heavy (non-hydrogen) atoms. The van der Waals surface area contributed by atoms with Gasteiger partial charge in [-0.15, -0.1) is 0 Å². The van der Waals surface area contributed by atoms with Crippen molar-refractivity contribution in [3.05, 3.63) is 29.6 Å². The third-order valence-electron chi connectivity index (χ3n) is 3.79. The molecule has 0 amide bonds. The summed E-state index contributed by atoms with van der Waals surface area (Å²) in [4.78, 5) is 2.23. The van der Waals surface area contributed by atoms with Crippen LogP contribution in [0.4, 0.5) is 10.1 Å². The molecule has 0 aromatic heterocycles. The van der Waals surface area contributed by atoms with Gasteiger partial charge in [0.2, 0.25) is 0 Å². The highest BCUT2D eigenvalue weighted by Crippen LogP contribution is 2.29. The molecule has 0 bridgehead atoms. The smallest absolute Gasteiger partial charge is 0.146 e. The predicted molar refractivity (Wildman–Crippen MR) is 79.0 cm³/mol. The van der Waals surface area contributed by atoms with Gasteiger partial charge in [-0.05, 0) is 43.4 Å². The second-order valence-electron chi connectivity index (χ2n) is 5.62. The summed E-state index contributed by atoms with van der Waals surface area (Å²) in [6.07, 6.45) is 3.52. The van der Waals surface area contributed by atoms with Crippen molar-refractivity contribution >= 4 is 5.69 Å². The Hall–Kier alpha value is -1.09. The molecule has 1 aliphatic rings. The molecule has 1 unspecified atom stereocenters. The van der Waals surface area contributed by atoms with Gasteiger partial charge in [-0.2, -0.15) is 0 Å². The van der Waals surface area contributed by atoms with Crippen LogP contribution < -0.4 is 10.2 Å². The Bertz CT molecular complexity index is 406. The van der Waals surface area contributed by atoms with E-state index in [1.54, 1.807) is 6.07 Å². The summed E-state index contributed by atoms with van der Waals surface area (Å²) in [5.41, 5.74) is 1.90. The SMILES string of the molecule is CCCNCc1cccc(F)c1N1CCCC(C)C1. The van der Waals surface area contributed by atoms with Crippen molar-refractivity contribution in [1.82, 2.24) is 5.32 Å². The summed E-state index contributed by atoms with van der Waals surface area (Å²) < 4.78 is 14.2. The Balaban J connectivity index is 2.16. The molecule has 1 atom stereocenters. The van der Waals surface area contributed by atoms with Gasteiger partial charge in [-0.3, -0.25) is 0 Å². The molecule has 0 saturated carbocycles. The van der Waals surface area contributed by atoms with E-state index in [0.29, 0.717) is 5.92 Å². The van der Waals surface area contributed by atoms with Crippen molar-refractivity contribution in [1.29, 1.82) is 0 Å². The van der Waals surface area contributed by atoms with Gasteiger partial charge < -0.3 is 10.2 Å². The lowest BCUT2D eigenvalue weighted by Crippen LogP contribution is -2.36. The zero-order valence-electron chi connectivity index (χ0n) is 12.1. The van der Waals surface area contributed by atoms with Crippen molar-refractivity contribution in [3.63, 3.8) is 0 Å². The van der Waals surface area contributed by atoms with Gasteiger partial charge in [0.25, 0.3) is 0 Å². The van der Waals surface area contributed by atoms with E-state index in [0.717, 1.165) is 50.3 Å². The van der Waals surface area contributed by atoms with Gasteiger partial charge in [-0.1, -0.05) is 26.0 Å². The average molecular weight is 264 g/mol. The van der Waals surface area contributed by atoms with E-state index in [4.69, 9.17) is 0 Å². The molecule has 1 aromatic rings. The number of nitrogens with zero attached hydrogens (tertiary/aromatic N) is 1. The van der Waals surface area contributed by atoms with Crippen LogP contribution in [0.5, 0.6) is 0 Å². The largest absolute Gasteiger partial charge is 0.369 e. The standard InChI is InChI=1S/C16H25FN2/c1-3-9-18-11-14-7-4-8-15(17)16(14)19-10-5-6-13(2)12-19/h4,7-8,13,18H,3,5-6,9-12H2,1-2H3. The van der Waals surface area contributed by atoms with Crippen LogP contribution in [-0.4, -0.2) is 19.6 Å². The minimum absolute atomic E-state index is 0.0788. The molecule has 2 nitrogen and oxygen atoms in total. The van der Waals surface area contributed by atoms with E-state index in [1.165, 1.54) is 6.42 Å². The molecule has 0 aliphatic carbocycles. The lowest BCUT2D eigenvalue weighted by Gasteiger charge is -2.34. The van der Waals surface area contributed by atoms with Crippen LogP contribution in [0.1, 0.15) is 38.7 Å². The second kappa shape index (κ2) is 6.90. The van der Waals surface area contributed by atoms with Crippen molar-refractivity contribution < 1.29 is 4.39 Å². The van der Waals surface area contributed by atoms with Crippen LogP contribution in [0.2, 0.25) is 0 Å². The summed E-state index contributed by atoms with van der Waals surface area (Å²) in [6.45, 7) is 8.08. The van der Waals surface area contributed by atoms with E-state index in [-0.39, 0.29) is 5.82 Å². The van der Waals surface area contributed by atoms with E-state index >= 15 is 0 Å². The molecule has 0 radical (unpaired) electrons. The fourth-order valence-electron chi connectivity index (χ4n) is 2.85. The molecule has 1 N–H and O–H groups in total. The maximum absolute atomic E-state index is 14.2. The van der Waals surface area contributed by atoms with Crippen LogP contribution in [0, 0.1) is 11.7 Å². The molecule has 106 valence electrons. The summed E-state index contributed by atoms with van der Waals surface area (Å²) in [6, 6.07) is 5.44. The van der Waals surface area contributed by atoms with Gasteiger partial charge in [0, 0.05) is 19.6 Å². The fraction of sp³-hybridized carbons (Fsp3) is 0.625. The average Bonchev–Trinajstić information content (AvgIpc) is 2.39. The predicted octanol–water partition coefficient (Wildman–Crippen LogP) is 3.56. The van der Waals surface area contributed by atoms with Gasteiger partial charge in [-0.25, -0.2) is 4.39 Å². The van der Waals surface area contributed by atoms with Gasteiger partial charge >= 0.3 is 0 Å². The molecule has 0 spiro atoms. The molecular formula is C16H25FN2. The van der Waals surface area contributed by atoms with Crippen molar-refractivity contribution in [2.75, 3.05) is 24.5 Å². The highest BCUT2D eigenvalue weighted by Gasteiger charge is 2.21. The second-order valence-corrected chi connectivity index (χ2v) is 5.62. The lowest BCUT2D eigenvalue weighted by molar-refractivity contribution is 0.441. The summed E-state index contributed by atoms with van der Waals surface area (Å²) in [5.74, 6) is 0.578. The van der Waals surface area contributed by atoms with Crippen LogP contribution in [-0.2, 0) is 6.54 Å². The van der Waals surface area contributed by atoms with Gasteiger partial charge in [0.05, 0.1) is 5.69 Å². The minimum atomic E-state index is -0.0788. The maximum Gasteiger partial charge on any atom is 0.146 e. The number of benzene rings is 1. The number of hydrogen-bond acceptors (Lipinski definition) is 2. The van der Waals surface area contributed by atoms with Crippen molar-refractivity contribution in [2.24, 2.45) is 5.92 Å². The van der Waals surface area contributed by atoms with E-state index < -0.39 is 0 Å². The van der Waals surface area contributed by atoms with Crippen LogP contribution in [0.3, 0.4) is 0 Å².